The monoisotopic (exact) mass is 681 g/mol. The lowest BCUT2D eigenvalue weighted by Crippen LogP contribution is -2.51. The lowest BCUT2D eigenvalue weighted by atomic mass is 9.89. The summed E-state index contributed by atoms with van der Waals surface area (Å²) in [6.45, 7) is 8.55. The number of piperazine rings is 1. The first kappa shape index (κ1) is 34.8. The molecule has 2 saturated heterocycles. The molecule has 1 amide bonds. The minimum atomic E-state index is -0.525. The van der Waals surface area contributed by atoms with Gasteiger partial charge in [0.2, 0.25) is 0 Å². The van der Waals surface area contributed by atoms with Crippen LogP contribution in [0.3, 0.4) is 0 Å². The van der Waals surface area contributed by atoms with Gasteiger partial charge in [-0.05, 0) is 45.5 Å². The molecule has 0 radical (unpaired) electrons. The van der Waals surface area contributed by atoms with Gasteiger partial charge in [-0.15, -0.1) is 0 Å². The highest BCUT2D eigenvalue weighted by Crippen LogP contribution is 2.42. The van der Waals surface area contributed by atoms with Crippen molar-refractivity contribution >= 4 is 5.91 Å². The number of aliphatic hydroxyl groups is 1. The molecule has 0 bridgehead atoms. The van der Waals surface area contributed by atoms with Gasteiger partial charge in [0, 0.05) is 62.9 Å². The second-order valence-corrected chi connectivity index (χ2v) is 13.7. The molecule has 5 aromatic carbocycles. The standard InChI is InChI=1S/C44H47N3O4/c1-32-41(30-47-26-24-46(25-27-47)29-33-10-4-2-5-11-33)50-44(51-42(32)36-18-16-34(31-48)17-19-36)38-22-20-35(21-23-38)40-15-9-8-14-39(40)28-45-43(49)37-12-6-3-7-13-37/h2-23,32,41-42,44,48H,24-31H2,1H3,(H,45,49)/t32-,41+,42+,44+/m1/s1. The van der Waals surface area contributed by atoms with E-state index in [0.29, 0.717) is 12.1 Å². The van der Waals surface area contributed by atoms with Gasteiger partial charge in [-0.1, -0.05) is 128 Å². The molecule has 0 aliphatic carbocycles. The van der Waals surface area contributed by atoms with E-state index in [0.717, 1.165) is 72.6 Å². The maximum Gasteiger partial charge on any atom is 0.251 e. The number of carbonyl (C=O) groups is 1. The minimum Gasteiger partial charge on any atom is -0.392 e. The Morgan fingerprint density at radius 1 is 0.706 bits per heavy atom. The average molecular weight is 682 g/mol. The molecule has 51 heavy (non-hydrogen) atoms. The van der Waals surface area contributed by atoms with Crippen LogP contribution < -0.4 is 5.32 Å². The van der Waals surface area contributed by atoms with E-state index >= 15 is 0 Å². The van der Waals surface area contributed by atoms with Crippen LogP contribution in [-0.4, -0.2) is 59.6 Å². The molecule has 2 fully saturated rings. The molecule has 4 atom stereocenters. The predicted molar refractivity (Wildman–Crippen MR) is 201 cm³/mol. The van der Waals surface area contributed by atoms with Crippen molar-refractivity contribution in [1.29, 1.82) is 0 Å². The van der Waals surface area contributed by atoms with Crippen molar-refractivity contribution in [2.75, 3.05) is 32.7 Å². The highest BCUT2D eigenvalue weighted by Gasteiger charge is 2.39. The number of benzene rings is 5. The molecule has 7 nitrogen and oxygen atoms in total. The summed E-state index contributed by atoms with van der Waals surface area (Å²) in [4.78, 5) is 17.8. The Morgan fingerprint density at radius 2 is 1.33 bits per heavy atom. The topological polar surface area (TPSA) is 74.3 Å². The van der Waals surface area contributed by atoms with Crippen molar-refractivity contribution in [3.63, 3.8) is 0 Å². The van der Waals surface area contributed by atoms with Gasteiger partial charge in [0.1, 0.15) is 0 Å². The minimum absolute atomic E-state index is 0.0147. The Hall–Kier alpha value is -4.63. The normalized spacial score (nSPS) is 21.3. The molecule has 5 aromatic rings. The summed E-state index contributed by atoms with van der Waals surface area (Å²) in [5, 5.41) is 12.7. The van der Waals surface area contributed by atoms with Crippen molar-refractivity contribution in [3.8, 4) is 11.1 Å². The molecule has 0 spiro atoms. The van der Waals surface area contributed by atoms with Crippen LogP contribution in [-0.2, 0) is 29.2 Å². The predicted octanol–water partition coefficient (Wildman–Crippen LogP) is 7.39. The quantitative estimate of drug-likeness (QED) is 0.152. The largest absolute Gasteiger partial charge is 0.392 e. The third-order valence-corrected chi connectivity index (χ3v) is 10.3. The molecule has 0 unspecified atom stereocenters. The first-order chi connectivity index (χ1) is 25.0. The highest BCUT2D eigenvalue weighted by atomic mass is 16.7. The van der Waals surface area contributed by atoms with E-state index in [4.69, 9.17) is 9.47 Å². The van der Waals surface area contributed by atoms with Crippen molar-refractivity contribution in [1.82, 2.24) is 15.1 Å². The number of nitrogens with one attached hydrogen (secondary N) is 1. The highest BCUT2D eigenvalue weighted by molar-refractivity contribution is 5.94. The molecule has 0 aromatic heterocycles. The molecule has 0 saturated carbocycles. The first-order valence-electron chi connectivity index (χ1n) is 18.0. The summed E-state index contributed by atoms with van der Waals surface area (Å²) >= 11 is 0. The Bertz CT molecular complexity index is 1840. The van der Waals surface area contributed by atoms with Crippen LogP contribution >= 0.6 is 0 Å². The van der Waals surface area contributed by atoms with E-state index in [2.05, 4.69) is 101 Å². The first-order valence-corrected chi connectivity index (χ1v) is 18.0. The van der Waals surface area contributed by atoms with Crippen LogP contribution in [0.15, 0.2) is 133 Å². The average Bonchev–Trinajstić information content (AvgIpc) is 3.19. The second kappa shape index (κ2) is 16.6. The van der Waals surface area contributed by atoms with Gasteiger partial charge >= 0.3 is 0 Å². The fourth-order valence-corrected chi connectivity index (χ4v) is 7.20. The molecule has 7 heteroatoms. The summed E-state index contributed by atoms with van der Waals surface area (Å²) < 4.78 is 13.6. The van der Waals surface area contributed by atoms with E-state index in [1.165, 1.54) is 5.56 Å². The SMILES string of the molecule is C[C@@H]1[C@H](CN2CCN(Cc3ccccc3)CC2)O[C@H](c2ccc(-c3ccccc3CNC(=O)c3ccccc3)cc2)O[C@@H]1c1ccc(CO)cc1. The molecular formula is C44H47N3O4. The number of amides is 1. The van der Waals surface area contributed by atoms with Crippen molar-refractivity contribution in [2.24, 2.45) is 5.92 Å². The molecule has 2 aliphatic heterocycles. The van der Waals surface area contributed by atoms with Gasteiger partial charge in [-0.25, -0.2) is 0 Å². The van der Waals surface area contributed by atoms with E-state index in [9.17, 15) is 9.90 Å². The summed E-state index contributed by atoms with van der Waals surface area (Å²) in [5.74, 6) is 0.0339. The summed E-state index contributed by atoms with van der Waals surface area (Å²) in [5.41, 5.74) is 8.13. The Labute approximate surface area is 301 Å². The van der Waals surface area contributed by atoms with Crippen LogP contribution in [0.2, 0.25) is 0 Å². The van der Waals surface area contributed by atoms with Gasteiger partial charge in [-0.2, -0.15) is 0 Å². The van der Waals surface area contributed by atoms with Gasteiger partial charge in [-0.3, -0.25) is 14.6 Å². The van der Waals surface area contributed by atoms with Crippen LogP contribution in [0.4, 0.5) is 0 Å². The van der Waals surface area contributed by atoms with E-state index in [-0.39, 0.29) is 30.6 Å². The second-order valence-electron chi connectivity index (χ2n) is 13.7. The third kappa shape index (κ3) is 8.64. The molecule has 7 rings (SSSR count). The number of hydrogen-bond acceptors (Lipinski definition) is 6. The molecule has 262 valence electrons. The number of ether oxygens (including phenoxy) is 2. The zero-order valence-corrected chi connectivity index (χ0v) is 29.2. The molecule has 2 heterocycles. The third-order valence-electron chi connectivity index (χ3n) is 10.3. The Morgan fingerprint density at radius 3 is 2.04 bits per heavy atom. The fourth-order valence-electron chi connectivity index (χ4n) is 7.20. The number of carbonyl (C=O) groups excluding carboxylic acids is 1. The van der Waals surface area contributed by atoms with Crippen molar-refractivity contribution < 1.29 is 19.4 Å². The van der Waals surface area contributed by atoms with Crippen molar-refractivity contribution in [2.45, 2.75) is 45.1 Å². The van der Waals surface area contributed by atoms with Crippen LogP contribution in [0.25, 0.3) is 11.1 Å². The van der Waals surface area contributed by atoms with Crippen LogP contribution in [0.5, 0.6) is 0 Å². The zero-order valence-electron chi connectivity index (χ0n) is 29.2. The Kier molecular flexibility index (Phi) is 11.3. The number of rotatable bonds is 11. The van der Waals surface area contributed by atoms with E-state index in [1.54, 1.807) is 0 Å². The molecule has 2 aliphatic rings. The van der Waals surface area contributed by atoms with E-state index in [1.807, 2.05) is 54.6 Å². The Balaban J connectivity index is 1.06. The van der Waals surface area contributed by atoms with E-state index < -0.39 is 6.29 Å². The van der Waals surface area contributed by atoms with Crippen LogP contribution in [0.1, 0.15) is 57.5 Å². The smallest absolute Gasteiger partial charge is 0.251 e. The summed E-state index contributed by atoms with van der Waals surface area (Å²) in [6, 6.07) is 44.7. The van der Waals surface area contributed by atoms with Gasteiger partial charge in [0.25, 0.3) is 5.91 Å². The van der Waals surface area contributed by atoms with Gasteiger partial charge < -0.3 is 19.9 Å². The maximum absolute atomic E-state index is 12.7. The summed E-state index contributed by atoms with van der Waals surface area (Å²) in [6.07, 6.45) is -0.711. The fraction of sp³-hybridized carbons (Fsp3) is 0.295. The van der Waals surface area contributed by atoms with Gasteiger partial charge in [0.05, 0.1) is 18.8 Å². The van der Waals surface area contributed by atoms with Crippen molar-refractivity contribution in [3.05, 3.63) is 167 Å². The lowest BCUT2D eigenvalue weighted by molar-refractivity contribution is -0.276. The zero-order chi connectivity index (χ0) is 35.0. The van der Waals surface area contributed by atoms with Gasteiger partial charge in [0.15, 0.2) is 6.29 Å². The molecule has 2 N–H and O–H groups in total. The van der Waals surface area contributed by atoms with Crippen LogP contribution in [0, 0.1) is 5.92 Å². The maximum atomic E-state index is 12.7. The lowest BCUT2D eigenvalue weighted by Gasteiger charge is -2.44. The molecular weight excluding hydrogens is 635 g/mol. The number of hydrogen-bond donors (Lipinski definition) is 2. The number of aliphatic hydroxyl groups excluding tert-OH is 1. The number of nitrogens with zero attached hydrogens (tertiary/aromatic N) is 2. The summed E-state index contributed by atoms with van der Waals surface area (Å²) in [7, 11) is 0.